The summed E-state index contributed by atoms with van der Waals surface area (Å²) in [5.41, 5.74) is 1.80. The second-order valence-corrected chi connectivity index (χ2v) is 7.36. The fraction of sp³-hybridized carbons (Fsp3) is 0.389. The van der Waals surface area contributed by atoms with Gasteiger partial charge in [-0.2, -0.15) is 0 Å². The van der Waals surface area contributed by atoms with E-state index in [0.29, 0.717) is 25.2 Å². The van der Waals surface area contributed by atoms with Crippen molar-refractivity contribution < 1.29 is 9.53 Å². The first-order chi connectivity index (χ1) is 11.7. The van der Waals surface area contributed by atoms with Crippen LogP contribution in [0.25, 0.3) is 11.2 Å². The minimum atomic E-state index is -0.505. The molecule has 2 aromatic rings. The van der Waals surface area contributed by atoms with E-state index in [9.17, 15) is 9.59 Å². The van der Waals surface area contributed by atoms with Crippen molar-refractivity contribution in [2.24, 2.45) is 0 Å². The summed E-state index contributed by atoms with van der Waals surface area (Å²) in [6.07, 6.45) is 4.13. The molecule has 0 bridgehead atoms. The Hall–Kier alpha value is -2.34. The molecule has 0 aromatic carbocycles. The molecule has 132 valence electrons. The van der Waals surface area contributed by atoms with Crippen LogP contribution >= 0.6 is 11.6 Å². The Kier molecular flexibility index (Phi) is 4.56. The van der Waals surface area contributed by atoms with E-state index in [4.69, 9.17) is 16.3 Å². The van der Waals surface area contributed by atoms with Crippen LogP contribution in [0.3, 0.4) is 0 Å². The minimum absolute atomic E-state index is 0.183. The van der Waals surface area contributed by atoms with Crippen molar-refractivity contribution in [2.45, 2.75) is 32.8 Å². The quantitative estimate of drug-likeness (QED) is 0.730. The van der Waals surface area contributed by atoms with Crippen molar-refractivity contribution >= 4 is 28.9 Å². The van der Waals surface area contributed by atoms with Gasteiger partial charge in [0.1, 0.15) is 16.4 Å². The summed E-state index contributed by atoms with van der Waals surface area (Å²) in [4.78, 5) is 30.0. The molecule has 0 fully saturated rings. The maximum atomic E-state index is 12.1. The normalized spacial score (nSPS) is 15.2. The van der Waals surface area contributed by atoms with Crippen molar-refractivity contribution in [1.82, 2.24) is 14.3 Å². The molecule has 0 spiro atoms. The number of carbonyl (C=O) groups is 1. The molecule has 25 heavy (non-hydrogen) atoms. The van der Waals surface area contributed by atoms with Crippen molar-refractivity contribution in [3.8, 4) is 0 Å². The highest BCUT2D eigenvalue weighted by atomic mass is 35.5. The molecule has 1 aliphatic rings. The molecule has 3 heterocycles. The third kappa shape index (κ3) is 4.02. The van der Waals surface area contributed by atoms with Crippen molar-refractivity contribution in [3.63, 3.8) is 0 Å². The number of halogens is 1. The fourth-order valence-corrected chi connectivity index (χ4v) is 2.87. The number of hydrogen-bond acceptors (Lipinski definition) is 4. The first kappa shape index (κ1) is 17.5. The Morgan fingerprint density at radius 2 is 2.08 bits per heavy atom. The van der Waals surface area contributed by atoms with E-state index < -0.39 is 5.60 Å². The van der Waals surface area contributed by atoms with E-state index in [1.807, 2.05) is 32.9 Å². The summed E-state index contributed by atoms with van der Waals surface area (Å²) in [5.74, 6) is 0. The van der Waals surface area contributed by atoms with Crippen LogP contribution in [0.15, 0.2) is 35.3 Å². The van der Waals surface area contributed by atoms with Gasteiger partial charge in [-0.1, -0.05) is 17.7 Å². The molecule has 0 saturated heterocycles. The minimum Gasteiger partial charge on any atom is -0.444 e. The molecule has 0 atom stereocenters. The molecule has 1 amide bonds. The highest BCUT2D eigenvalue weighted by Gasteiger charge is 2.24. The van der Waals surface area contributed by atoms with Crippen LogP contribution in [-0.2, 0) is 4.74 Å². The van der Waals surface area contributed by atoms with Crippen LogP contribution in [0.4, 0.5) is 4.79 Å². The third-order valence-corrected chi connectivity index (χ3v) is 4.05. The van der Waals surface area contributed by atoms with Crippen LogP contribution in [0.2, 0.25) is 5.15 Å². The number of nitrogens with zero attached hydrogens (tertiary/aromatic N) is 3. The molecule has 7 heteroatoms. The van der Waals surface area contributed by atoms with Crippen LogP contribution in [-0.4, -0.2) is 39.1 Å². The topological polar surface area (TPSA) is 63.9 Å². The van der Waals surface area contributed by atoms with E-state index >= 15 is 0 Å². The Labute approximate surface area is 150 Å². The third-order valence-electron chi connectivity index (χ3n) is 3.86. The van der Waals surface area contributed by atoms with E-state index in [1.54, 1.807) is 17.2 Å². The summed E-state index contributed by atoms with van der Waals surface area (Å²) in [7, 11) is 0. The number of pyridine rings is 1. The Morgan fingerprint density at radius 1 is 1.32 bits per heavy atom. The lowest BCUT2D eigenvalue weighted by atomic mass is 10.0. The summed E-state index contributed by atoms with van der Waals surface area (Å²) in [5, 5.41) is 0.183. The molecule has 3 rings (SSSR count). The van der Waals surface area contributed by atoms with E-state index in [1.165, 1.54) is 10.5 Å². The van der Waals surface area contributed by atoms with Crippen LogP contribution in [0, 0.1) is 0 Å². The zero-order chi connectivity index (χ0) is 18.2. The average molecular weight is 362 g/mol. The van der Waals surface area contributed by atoms with Gasteiger partial charge in [0.05, 0.1) is 0 Å². The van der Waals surface area contributed by atoms with Crippen molar-refractivity contribution in [1.29, 1.82) is 0 Å². The SMILES string of the molecule is CC(C)(C)OC(=O)N1CC=C(c2ccc3nc(Cl)cc(=O)n3c2)CC1. The molecule has 2 aromatic heterocycles. The van der Waals surface area contributed by atoms with Gasteiger partial charge in [-0.15, -0.1) is 0 Å². The maximum Gasteiger partial charge on any atom is 0.410 e. The monoisotopic (exact) mass is 361 g/mol. The molecule has 6 nitrogen and oxygen atoms in total. The first-order valence-electron chi connectivity index (χ1n) is 8.09. The number of ether oxygens (including phenoxy) is 1. The molecule has 0 N–H and O–H groups in total. The average Bonchev–Trinajstić information content (AvgIpc) is 2.53. The van der Waals surface area contributed by atoms with Gasteiger partial charge in [0.2, 0.25) is 0 Å². The molecule has 0 radical (unpaired) electrons. The zero-order valence-electron chi connectivity index (χ0n) is 14.5. The number of aromatic nitrogens is 2. The first-order valence-corrected chi connectivity index (χ1v) is 8.47. The summed E-state index contributed by atoms with van der Waals surface area (Å²) < 4.78 is 6.87. The van der Waals surface area contributed by atoms with Gasteiger partial charge < -0.3 is 9.64 Å². The van der Waals surface area contributed by atoms with E-state index in [-0.39, 0.29) is 16.8 Å². The maximum absolute atomic E-state index is 12.1. The smallest absolute Gasteiger partial charge is 0.410 e. The van der Waals surface area contributed by atoms with Crippen LogP contribution in [0.5, 0.6) is 0 Å². The lowest BCUT2D eigenvalue weighted by Crippen LogP contribution is -2.39. The van der Waals surface area contributed by atoms with Gasteiger partial charge in [-0.3, -0.25) is 9.20 Å². The number of rotatable bonds is 1. The number of fused-ring (bicyclic) bond motifs is 1. The number of hydrogen-bond donors (Lipinski definition) is 0. The van der Waals surface area contributed by atoms with Gasteiger partial charge in [-0.05, 0) is 50.5 Å². The lowest BCUT2D eigenvalue weighted by Gasteiger charge is -2.29. The Balaban J connectivity index is 1.81. The fourth-order valence-electron chi connectivity index (χ4n) is 2.69. The molecule has 1 aliphatic heterocycles. The molecule has 0 aliphatic carbocycles. The summed E-state index contributed by atoms with van der Waals surface area (Å²) in [6, 6.07) is 4.97. The second-order valence-electron chi connectivity index (χ2n) is 6.97. The predicted molar refractivity (Wildman–Crippen MR) is 96.9 cm³/mol. The summed E-state index contributed by atoms with van der Waals surface area (Å²) >= 11 is 5.82. The molecular weight excluding hydrogens is 342 g/mol. The predicted octanol–water partition coefficient (Wildman–Crippen LogP) is 3.37. The second kappa shape index (κ2) is 6.52. The van der Waals surface area contributed by atoms with Gasteiger partial charge >= 0.3 is 6.09 Å². The Morgan fingerprint density at radius 3 is 2.72 bits per heavy atom. The lowest BCUT2D eigenvalue weighted by molar-refractivity contribution is 0.0270. The summed E-state index contributed by atoms with van der Waals surface area (Å²) in [6.45, 7) is 6.61. The molecular formula is C18H20ClN3O3. The van der Waals surface area contributed by atoms with E-state index in [0.717, 1.165) is 11.1 Å². The van der Waals surface area contributed by atoms with Crippen molar-refractivity contribution in [3.05, 3.63) is 51.5 Å². The van der Waals surface area contributed by atoms with Gasteiger partial charge in [0, 0.05) is 25.4 Å². The van der Waals surface area contributed by atoms with E-state index in [2.05, 4.69) is 4.98 Å². The highest BCUT2D eigenvalue weighted by Crippen LogP contribution is 2.23. The highest BCUT2D eigenvalue weighted by molar-refractivity contribution is 6.29. The van der Waals surface area contributed by atoms with Crippen LogP contribution in [0.1, 0.15) is 32.8 Å². The van der Waals surface area contributed by atoms with Gasteiger partial charge in [0.25, 0.3) is 5.56 Å². The van der Waals surface area contributed by atoms with Crippen LogP contribution < -0.4 is 5.56 Å². The van der Waals surface area contributed by atoms with Gasteiger partial charge in [0.15, 0.2) is 0 Å². The number of carbonyl (C=O) groups excluding carboxylic acids is 1. The number of amides is 1. The molecule has 0 saturated carbocycles. The largest absolute Gasteiger partial charge is 0.444 e. The zero-order valence-corrected chi connectivity index (χ0v) is 15.2. The van der Waals surface area contributed by atoms with Gasteiger partial charge in [-0.25, -0.2) is 9.78 Å². The Bertz CT molecular complexity index is 912. The molecule has 0 unspecified atom stereocenters. The van der Waals surface area contributed by atoms with Crippen molar-refractivity contribution in [2.75, 3.05) is 13.1 Å². The standard InChI is InChI=1S/C18H20ClN3O3/c1-18(2,3)25-17(24)21-8-6-12(7-9-21)13-4-5-15-20-14(19)10-16(23)22(15)11-13/h4-6,10-11H,7-9H2,1-3H3.